The van der Waals surface area contributed by atoms with Crippen LogP contribution in [-0.2, 0) is 9.59 Å². The van der Waals surface area contributed by atoms with Gasteiger partial charge in [0.1, 0.15) is 18.0 Å². The van der Waals surface area contributed by atoms with Gasteiger partial charge in [-0.25, -0.2) is 9.59 Å². The average molecular weight is 223 g/mol. The van der Waals surface area contributed by atoms with Crippen LogP contribution >= 0.6 is 0 Å². The zero-order valence-corrected chi connectivity index (χ0v) is 8.16. The Bertz CT molecular complexity index is 415. The highest BCUT2D eigenvalue weighted by molar-refractivity contribution is 6.27. The first-order valence-corrected chi connectivity index (χ1v) is 4.32. The zero-order chi connectivity index (χ0) is 12.0. The van der Waals surface area contributed by atoms with E-state index in [-0.39, 0.29) is 0 Å². The summed E-state index contributed by atoms with van der Waals surface area (Å²) >= 11 is 0. The van der Waals surface area contributed by atoms with Crippen LogP contribution in [0.15, 0.2) is 29.3 Å². The molecule has 0 spiro atoms. The standard InChI is InChI=1S/C8H7NO.C2H2O4/c1-2-4-8-7(3-1)9-5-6-10-8;3-1(4)2(5)6/h1-5H,6H2;(H,3,4)(H,5,6). The molecule has 16 heavy (non-hydrogen) atoms. The number of aliphatic carboxylic acids is 2. The molecule has 0 bridgehead atoms. The lowest BCUT2D eigenvalue weighted by Gasteiger charge is -2.09. The van der Waals surface area contributed by atoms with Gasteiger partial charge >= 0.3 is 11.9 Å². The predicted molar refractivity (Wildman–Crippen MR) is 55.4 cm³/mol. The van der Waals surface area contributed by atoms with E-state index in [2.05, 4.69) is 4.99 Å². The molecule has 2 N–H and O–H groups in total. The van der Waals surface area contributed by atoms with E-state index in [0.29, 0.717) is 6.61 Å². The van der Waals surface area contributed by atoms with Crippen molar-refractivity contribution in [3.63, 3.8) is 0 Å². The van der Waals surface area contributed by atoms with Crippen LogP contribution in [0.4, 0.5) is 5.69 Å². The van der Waals surface area contributed by atoms with E-state index in [1.54, 1.807) is 6.21 Å². The van der Waals surface area contributed by atoms with Crippen LogP contribution in [0.25, 0.3) is 0 Å². The minimum atomic E-state index is -1.82. The molecule has 2 rings (SSSR count). The molecule has 1 aromatic carbocycles. The van der Waals surface area contributed by atoms with Gasteiger partial charge in [-0.2, -0.15) is 0 Å². The third kappa shape index (κ3) is 3.41. The second-order valence-electron chi connectivity index (χ2n) is 2.70. The Morgan fingerprint density at radius 1 is 1.19 bits per heavy atom. The summed E-state index contributed by atoms with van der Waals surface area (Å²) in [6.07, 6.45) is 1.77. The number of benzene rings is 1. The number of rotatable bonds is 0. The van der Waals surface area contributed by atoms with E-state index in [1.165, 1.54) is 0 Å². The van der Waals surface area contributed by atoms with E-state index in [9.17, 15) is 0 Å². The number of ether oxygens (including phenoxy) is 1. The number of aliphatic imine (C=N–C) groups is 1. The van der Waals surface area contributed by atoms with Crippen LogP contribution in [0, 0.1) is 0 Å². The average Bonchev–Trinajstić information content (AvgIpc) is 2.30. The first-order valence-electron chi connectivity index (χ1n) is 4.32. The van der Waals surface area contributed by atoms with Crippen molar-refractivity contribution in [1.82, 2.24) is 0 Å². The maximum atomic E-state index is 9.10. The SMILES string of the molecule is C1=Nc2ccccc2OC1.O=C(O)C(=O)O. The van der Waals surface area contributed by atoms with Crippen molar-refractivity contribution in [3.8, 4) is 5.75 Å². The van der Waals surface area contributed by atoms with Crippen LogP contribution < -0.4 is 4.74 Å². The van der Waals surface area contributed by atoms with Crippen LogP contribution in [0.5, 0.6) is 5.75 Å². The lowest BCUT2D eigenvalue weighted by atomic mass is 10.3. The number of carboxylic acid groups (broad SMARTS) is 2. The van der Waals surface area contributed by atoms with Crippen molar-refractivity contribution in [3.05, 3.63) is 24.3 Å². The Hall–Kier alpha value is -2.37. The molecule has 0 amide bonds. The van der Waals surface area contributed by atoms with E-state index in [4.69, 9.17) is 24.5 Å². The number of carboxylic acids is 2. The molecular formula is C10H9NO5. The molecular weight excluding hydrogens is 214 g/mol. The Kier molecular flexibility index (Phi) is 4.02. The highest BCUT2D eigenvalue weighted by atomic mass is 16.5. The number of hydrogen-bond donors (Lipinski definition) is 2. The monoisotopic (exact) mass is 223 g/mol. The maximum absolute atomic E-state index is 9.10. The van der Waals surface area contributed by atoms with Gasteiger partial charge in [0.05, 0.1) is 0 Å². The summed E-state index contributed by atoms with van der Waals surface area (Å²) in [5, 5.41) is 14.8. The number of nitrogens with zero attached hydrogens (tertiary/aromatic N) is 1. The molecule has 0 aromatic heterocycles. The van der Waals surface area contributed by atoms with Gasteiger partial charge in [-0.05, 0) is 12.1 Å². The van der Waals surface area contributed by atoms with Crippen molar-refractivity contribution >= 4 is 23.8 Å². The van der Waals surface area contributed by atoms with Crippen molar-refractivity contribution < 1.29 is 24.5 Å². The second kappa shape index (κ2) is 5.50. The maximum Gasteiger partial charge on any atom is 0.414 e. The first kappa shape index (κ1) is 11.7. The Morgan fingerprint density at radius 3 is 2.38 bits per heavy atom. The largest absolute Gasteiger partial charge is 0.486 e. The van der Waals surface area contributed by atoms with Gasteiger partial charge in [-0.3, -0.25) is 4.99 Å². The second-order valence-corrected chi connectivity index (χ2v) is 2.70. The molecule has 6 nitrogen and oxygen atoms in total. The highest BCUT2D eigenvalue weighted by Gasteiger charge is 2.04. The molecule has 0 aliphatic carbocycles. The minimum Gasteiger partial charge on any atom is -0.486 e. The minimum absolute atomic E-state index is 0.594. The molecule has 1 aliphatic heterocycles. The van der Waals surface area contributed by atoms with Gasteiger partial charge in [0, 0.05) is 6.21 Å². The van der Waals surface area contributed by atoms with Crippen LogP contribution in [0.2, 0.25) is 0 Å². The van der Waals surface area contributed by atoms with Crippen molar-refractivity contribution in [2.45, 2.75) is 0 Å². The molecule has 0 fully saturated rings. The number of fused-ring (bicyclic) bond motifs is 1. The number of para-hydroxylation sites is 2. The van der Waals surface area contributed by atoms with Crippen LogP contribution in [-0.4, -0.2) is 35.0 Å². The van der Waals surface area contributed by atoms with Gasteiger partial charge in [-0.1, -0.05) is 12.1 Å². The molecule has 84 valence electrons. The fraction of sp³-hybridized carbons (Fsp3) is 0.100. The van der Waals surface area contributed by atoms with Gasteiger partial charge in [0.25, 0.3) is 0 Å². The lowest BCUT2D eigenvalue weighted by molar-refractivity contribution is -0.159. The van der Waals surface area contributed by atoms with Crippen molar-refractivity contribution in [1.29, 1.82) is 0 Å². The summed E-state index contributed by atoms with van der Waals surface area (Å²) < 4.78 is 5.27. The zero-order valence-electron chi connectivity index (χ0n) is 8.16. The van der Waals surface area contributed by atoms with Gasteiger partial charge in [0.2, 0.25) is 0 Å². The molecule has 1 heterocycles. The third-order valence-electron chi connectivity index (χ3n) is 1.59. The van der Waals surface area contributed by atoms with Gasteiger partial charge in [0.15, 0.2) is 0 Å². The molecule has 0 saturated heterocycles. The van der Waals surface area contributed by atoms with E-state index >= 15 is 0 Å². The smallest absolute Gasteiger partial charge is 0.414 e. The Morgan fingerprint density at radius 2 is 1.81 bits per heavy atom. The van der Waals surface area contributed by atoms with Crippen molar-refractivity contribution in [2.24, 2.45) is 4.99 Å². The topological polar surface area (TPSA) is 96.2 Å². The highest BCUT2D eigenvalue weighted by Crippen LogP contribution is 2.27. The fourth-order valence-electron chi connectivity index (χ4n) is 0.949. The number of carbonyl (C=O) groups is 2. The molecule has 0 radical (unpaired) electrons. The van der Waals surface area contributed by atoms with E-state index < -0.39 is 11.9 Å². The normalized spacial score (nSPS) is 11.5. The van der Waals surface area contributed by atoms with Crippen molar-refractivity contribution in [2.75, 3.05) is 6.61 Å². The molecule has 6 heteroatoms. The summed E-state index contributed by atoms with van der Waals surface area (Å²) in [6.45, 7) is 0.594. The van der Waals surface area contributed by atoms with Gasteiger partial charge in [-0.15, -0.1) is 0 Å². The summed E-state index contributed by atoms with van der Waals surface area (Å²) in [5.41, 5.74) is 0.925. The quantitative estimate of drug-likeness (QED) is 0.638. The summed E-state index contributed by atoms with van der Waals surface area (Å²) in [5.74, 6) is -2.77. The lowest BCUT2D eigenvalue weighted by Crippen LogP contribution is -2.09. The molecule has 0 unspecified atom stereocenters. The third-order valence-corrected chi connectivity index (χ3v) is 1.59. The molecule has 0 saturated carbocycles. The van der Waals surface area contributed by atoms with E-state index in [1.807, 2.05) is 24.3 Å². The number of hydrogen-bond acceptors (Lipinski definition) is 4. The molecule has 1 aliphatic rings. The molecule has 0 atom stereocenters. The Labute approximate surface area is 90.8 Å². The Balaban J connectivity index is 0.000000187. The summed E-state index contributed by atoms with van der Waals surface area (Å²) in [4.78, 5) is 22.3. The van der Waals surface area contributed by atoms with Crippen LogP contribution in [0.1, 0.15) is 0 Å². The fourth-order valence-corrected chi connectivity index (χ4v) is 0.949. The summed E-state index contributed by atoms with van der Waals surface area (Å²) in [6, 6.07) is 7.75. The molecule has 1 aromatic rings. The van der Waals surface area contributed by atoms with Gasteiger partial charge < -0.3 is 14.9 Å². The summed E-state index contributed by atoms with van der Waals surface area (Å²) in [7, 11) is 0. The predicted octanol–water partition coefficient (Wildman–Crippen LogP) is 0.937. The first-order chi connectivity index (χ1) is 7.61. The van der Waals surface area contributed by atoms with E-state index in [0.717, 1.165) is 11.4 Å². The van der Waals surface area contributed by atoms with Crippen LogP contribution in [0.3, 0.4) is 0 Å².